The second kappa shape index (κ2) is 6.10. The highest BCUT2D eigenvalue weighted by molar-refractivity contribution is 7.10. The van der Waals surface area contributed by atoms with Crippen LogP contribution >= 0.6 is 11.3 Å². The Balaban J connectivity index is 1.66. The van der Waals surface area contributed by atoms with Crippen molar-refractivity contribution in [2.75, 3.05) is 0 Å². The molecule has 1 fully saturated rings. The van der Waals surface area contributed by atoms with Gasteiger partial charge in [0.25, 0.3) is 0 Å². The van der Waals surface area contributed by atoms with Crippen LogP contribution in [0.4, 0.5) is 0 Å². The minimum absolute atomic E-state index is 0.0738. The van der Waals surface area contributed by atoms with Crippen molar-refractivity contribution in [3.63, 3.8) is 0 Å². The van der Waals surface area contributed by atoms with E-state index >= 15 is 0 Å². The van der Waals surface area contributed by atoms with Gasteiger partial charge in [-0.1, -0.05) is 19.3 Å². The Morgan fingerprint density at radius 2 is 2.15 bits per heavy atom. The molecule has 2 aromatic heterocycles. The van der Waals surface area contributed by atoms with E-state index in [9.17, 15) is 0 Å². The number of rotatable bonds is 4. The lowest BCUT2D eigenvalue weighted by Crippen LogP contribution is -2.15. The van der Waals surface area contributed by atoms with Crippen molar-refractivity contribution in [2.45, 2.75) is 57.5 Å². The predicted octanol–water partition coefficient (Wildman–Crippen LogP) is 4.00. The molecule has 2 N–H and O–H groups in total. The topological polar surface area (TPSA) is 43.8 Å². The maximum Gasteiger partial charge on any atom is 0.0643 e. The van der Waals surface area contributed by atoms with Crippen LogP contribution in [0.5, 0.6) is 0 Å². The molecule has 1 saturated carbocycles. The summed E-state index contributed by atoms with van der Waals surface area (Å²) < 4.78 is 2.17. The van der Waals surface area contributed by atoms with Crippen LogP contribution in [0.3, 0.4) is 0 Å². The molecule has 0 bridgehead atoms. The third-order valence-corrected chi connectivity index (χ3v) is 5.43. The van der Waals surface area contributed by atoms with Gasteiger partial charge in [0.1, 0.15) is 0 Å². The van der Waals surface area contributed by atoms with E-state index in [1.165, 1.54) is 42.5 Å². The van der Waals surface area contributed by atoms with Gasteiger partial charge in [-0.05, 0) is 42.8 Å². The average molecular weight is 289 g/mol. The third kappa shape index (κ3) is 2.96. The highest BCUT2D eigenvalue weighted by Crippen LogP contribution is 2.28. The van der Waals surface area contributed by atoms with E-state index in [0.29, 0.717) is 6.04 Å². The molecule has 0 amide bonds. The molecule has 1 atom stereocenters. The highest BCUT2D eigenvalue weighted by atomic mass is 32.1. The summed E-state index contributed by atoms with van der Waals surface area (Å²) in [7, 11) is 0. The molecular weight excluding hydrogens is 266 g/mol. The molecule has 0 aromatic carbocycles. The van der Waals surface area contributed by atoms with E-state index in [0.717, 1.165) is 12.1 Å². The summed E-state index contributed by atoms with van der Waals surface area (Å²) >= 11 is 1.75. The van der Waals surface area contributed by atoms with Crippen LogP contribution in [-0.2, 0) is 6.42 Å². The van der Waals surface area contributed by atoms with Crippen LogP contribution in [0.1, 0.15) is 60.3 Å². The molecule has 2 aromatic rings. The van der Waals surface area contributed by atoms with Crippen molar-refractivity contribution in [3.8, 4) is 0 Å². The Kier molecular flexibility index (Phi) is 4.22. The maximum atomic E-state index is 6.32. The first-order valence-electron chi connectivity index (χ1n) is 7.57. The lowest BCUT2D eigenvalue weighted by Gasteiger charge is -2.21. The van der Waals surface area contributed by atoms with Crippen LogP contribution in [-0.4, -0.2) is 9.78 Å². The number of nitrogens with zero attached hydrogens (tertiary/aromatic N) is 2. The van der Waals surface area contributed by atoms with Gasteiger partial charge in [0.15, 0.2) is 0 Å². The molecule has 108 valence electrons. The first-order valence-corrected chi connectivity index (χ1v) is 8.45. The zero-order valence-corrected chi connectivity index (χ0v) is 12.9. The highest BCUT2D eigenvalue weighted by Gasteiger charge is 2.17. The number of thiophene rings is 1. The molecule has 20 heavy (non-hydrogen) atoms. The Bertz CT molecular complexity index is 552. The van der Waals surface area contributed by atoms with Gasteiger partial charge in [0, 0.05) is 23.5 Å². The molecule has 0 saturated heterocycles. The fourth-order valence-corrected chi connectivity index (χ4v) is 4.05. The van der Waals surface area contributed by atoms with Gasteiger partial charge in [0.2, 0.25) is 0 Å². The zero-order valence-electron chi connectivity index (χ0n) is 12.1. The number of nitrogens with two attached hydrogens (primary N) is 1. The molecule has 1 aliphatic carbocycles. The number of hydrogen-bond donors (Lipinski definition) is 1. The van der Waals surface area contributed by atoms with Gasteiger partial charge in [-0.15, -0.1) is 11.3 Å². The largest absolute Gasteiger partial charge is 0.323 e. The predicted molar refractivity (Wildman–Crippen MR) is 84.0 cm³/mol. The van der Waals surface area contributed by atoms with Gasteiger partial charge < -0.3 is 5.73 Å². The van der Waals surface area contributed by atoms with Crippen LogP contribution in [0.25, 0.3) is 0 Å². The second-order valence-corrected chi connectivity index (χ2v) is 6.81. The van der Waals surface area contributed by atoms with Crippen molar-refractivity contribution in [3.05, 3.63) is 39.8 Å². The SMILES string of the molecule is Cc1ccsc1C(N)Cc1ccn(C2CCCCC2)n1. The lowest BCUT2D eigenvalue weighted by atomic mass is 9.96. The molecule has 0 spiro atoms. The Hall–Kier alpha value is -1.13. The van der Waals surface area contributed by atoms with Crippen LogP contribution in [0, 0.1) is 6.92 Å². The van der Waals surface area contributed by atoms with Gasteiger partial charge in [-0.25, -0.2) is 0 Å². The monoisotopic (exact) mass is 289 g/mol. The molecule has 4 heteroatoms. The minimum Gasteiger partial charge on any atom is -0.323 e. The molecule has 1 aliphatic rings. The smallest absolute Gasteiger partial charge is 0.0643 e. The summed E-state index contributed by atoms with van der Waals surface area (Å²) in [6.45, 7) is 2.13. The molecule has 0 aliphatic heterocycles. The number of aryl methyl sites for hydroxylation is 1. The summed E-state index contributed by atoms with van der Waals surface area (Å²) in [4.78, 5) is 1.29. The fourth-order valence-electron chi connectivity index (χ4n) is 3.12. The normalized spacial score (nSPS) is 18.3. The van der Waals surface area contributed by atoms with E-state index in [2.05, 4.69) is 35.3 Å². The molecule has 3 rings (SSSR count). The van der Waals surface area contributed by atoms with E-state index in [1.807, 2.05) is 0 Å². The zero-order chi connectivity index (χ0) is 13.9. The molecule has 1 unspecified atom stereocenters. The van der Waals surface area contributed by atoms with Crippen molar-refractivity contribution in [1.82, 2.24) is 9.78 Å². The van der Waals surface area contributed by atoms with E-state index in [1.54, 1.807) is 11.3 Å². The van der Waals surface area contributed by atoms with Crippen molar-refractivity contribution < 1.29 is 0 Å². The van der Waals surface area contributed by atoms with Crippen LogP contribution < -0.4 is 5.73 Å². The molecular formula is C16H23N3S. The summed E-state index contributed by atoms with van der Waals surface area (Å²) in [6.07, 6.45) is 9.59. The van der Waals surface area contributed by atoms with Crippen LogP contribution in [0.15, 0.2) is 23.7 Å². The van der Waals surface area contributed by atoms with Gasteiger partial charge >= 0.3 is 0 Å². The second-order valence-electron chi connectivity index (χ2n) is 5.86. The maximum absolute atomic E-state index is 6.32. The Morgan fingerprint density at radius 3 is 2.85 bits per heavy atom. The van der Waals surface area contributed by atoms with Gasteiger partial charge in [-0.2, -0.15) is 5.10 Å². The first-order chi connectivity index (χ1) is 9.74. The van der Waals surface area contributed by atoms with Gasteiger partial charge in [-0.3, -0.25) is 4.68 Å². The van der Waals surface area contributed by atoms with E-state index in [4.69, 9.17) is 10.8 Å². The summed E-state index contributed by atoms with van der Waals surface area (Å²) in [5.41, 5.74) is 8.74. The first kappa shape index (κ1) is 13.8. The van der Waals surface area contributed by atoms with E-state index in [-0.39, 0.29) is 6.04 Å². The summed E-state index contributed by atoms with van der Waals surface area (Å²) in [6, 6.07) is 4.96. The molecule has 3 nitrogen and oxygen atoms in total. The van der Waals surface area contributed by atoms with Crippen molar-refractivity contribution in [1.29, 1.82) is 0 Å². The van der Waals surface area contributed by atoms with Gasteiger partial charge in [0.05, 0.1) is 11.7 Å². The van der Waals surface area contributed by atoms with Crippen LogP contribution in [0.2, 0.25) is 0 Å². The Labute approximate surface area is 124 Å². The summed E-state index contributed by atoms with van der Waals surface area (Å²) in [5, 5.41) is 6.87. The van der Waals surface area contributed by atoms with E-state index < -0.39 is 0 Å². The molecule has 0 radical (unpaired) electrons. The number of hydrogen-bond acceptors (Lipinski definition) is 3. The fraction of sp³-hybridized carbons (Fsp3) is 0.562. The third-order valence-electron chi connectivity index (χ3n) is 4.28. The van der Waals surface area contributed by atoms with Crippen molar-refractivity contribution in [2.24, 2.45) is 5.73 Å². The quantitative estimate of drug-likeness (QED) is 0.924. The lowest BCUT2D eigenvalue weighted by molar-refractivity contribution is 0.328. The standard InChI is InChI=1S/C16H23N3S/c1-12-8-10-20-16(12)15(17)11-13-7-9-19(18-13)14-5-3-2-4-6-14/h7-10,14-15H,2-6,11,17H2,1H3. The molecule has 2 heterocycles. The average Bonchev–Trinajstić information content (AvgIpc) is 3.09. The van der Waals surface area contributed by atoms with Crippen molar-refractivity contribution >= 4 is 11.3 Å². The number of aromatic nitrogens is 2. The Morgan fingerprint density at radius 1 is 1.35 bits per heavy atom. The minimum atomic E-state index is 0.0738. The summed E-state index contributed by atoms with van der Waals surface area (Å²) in [5.74, 6) is 0.